The maximum absolute atomic E-state index is 11.7. The van der Waals surface area contributed by atoms with Crippen LogP contribution < -0.4 is 10.6 Å². The third kappa shape index (κ3) is 4.98. The van der Waals surface area contributed by atoms with E-state index in [-0.39, 0.29) is 10.7 Å². The molecule has 1 heterocycles. The van der Waals surface area contributed by atoms with Gasteiger partial charge in [-0.15, -0.1) is 0 Å². The third-order valence-corrected chi connectivity index (χ3v) is 2.47. The van der Waals surface area contributed by atoms with Gasteiger partial charge in [0, 0.05) is 18.9 Å². The number of amides is 1. The van der Waals surface area contributed by atoms with Crippen molar-refractivity contribution in [1.82, 2.24) is 10.3 Å². The van der Waals surface area contributed by atoms with E-state index in [0.29, 0.717) is 18.2 Å². The van der Waals surface area contributed by atoms with Crippen molar-refractivity contribution < 1.29 is 4.79 Å². The summed E-state index contributed by atoms with van der Waals surface area (Å²) in [6, 6.07) is 5.24. The molecule has 0 aliphatic heterocycles. The molecule has 0 unspecified atom stereocenters. The van der Waals surface area contributed by atoms with E-state index in [1.165, 1.54) is 6.20 Å². The summed E-state index contributed by atoms with van der Waals surface area (Å²) < 4.78 is 0. The Kier molecular flexibility index (Phi) is 5.83. The van der Waals surface area contributed by atoms with Crippen molar-refractivity contribution in [3.05, 3.63) is 35.3 Å². The molecule has 1 aromatic heterocycles. The molecule has 5 nitrogen and oxygen atoms in total. The van der Waals surface area contributed by atoms with Gasteiger partial charge in [-0.1, -0.05) is 25.4 Å². The maximum Gasteiger partial charge on any atom is 0.263 e. The van der Waals surface area contributed by atoms with Crippen molar-refractivity contribution in [1.29, 1.82) is 5.26 Å². The number of halogens is 1. The maximum atomic E-state index is 11.7. The summed E-state index contributed by atoms with van der Waals surface area (Å²) in [4.78, 5) is 15.6. The lowest BCUT2D eigenvalue weighted by Crippen LogP contribution is -2.28. The molecule has 6 heteroatoms. The first-order valence-corrected chi connectivity index (χ1v) is 6.18. The predicted molar refractivity (Wildman–Crippen MR) is 74.4 cm³/mol. The molecule has 0 aliphatic carbocycles. The minimum Gasteiger partial charge on any atom is -0.358 e. The second-order valence-electron chi connectivity index (χ2n) is 4.26. The summed E-state index contributed by atoms with van der Waals surface area (Å²) in [6.45, 7) is 4.47. The van der Waals surface area contributed by atoms with E-state index < -0.39 is 5.91 Å². The topological polar surface area (TPSA) is 77.8 Å². The van der Waals surface area contributed by atoms with Crippen LogP contribution in [0.3, 0.4) is 0 Å². The van der Waals surface area contributed by atoms with Gasteiger partial charge in [0.15, 0.2) is 5.15 Å². The molecule has 1 aromatic rings. The number of hydrogen-bond donors (Lipinski definition) is 2. The first kappa shape index (κ1) is 15.0. The molecular formula is C13H15ClN4O. The highest BCUT2D eigenvalue weighted by Crippen LogP contribution is 2.17. The standard InChI is InChI=1S/C13H15ClN4O/c1-9(2)7-18-13(19)10(6-15)8-17-11-4-3-5-16-12(11)14/h3-5,8-9,17H,7H2,1-2H3,(H,18,19)/b10-8-. The fraction of sp³-hybridized carbons (Fsp3) is 0.308. The second-order valence-corrected chi connectivity index (χ2v) is 4.62. The first-order chi connectivity index (χ1) is 9.04. The number of pyridine rings is 1. The van der Waals surface area contributed by atoms with Gasteiger partial charge in [-0.3, -0.25) is 4.79 Å². The lowest BCUT2D eigenvalue weighted by molar-refractivity contribution is -0.117. The van der Waals surface area contributed by atoms with E-state index in [2.05, 4.69) is 15.6 Å². The largest absolute Gasteiger partial charge is 0.358 e. The van der Waals surface area contributed by atoms with Gasteiger partial charge in [0.25, 0.3) is 5.91 Å². The van der Waals surface area contributed by atoms with Crippen LogP contribution in [0.5, 0.6) is 0 Å². The molecule has 0 spiro atoms. The molecular weight excluding hydrogens is 264 g/mol. The molecule has 0 radical (unpaired) electrons. The fourth-order valence-electron chi connectivity index (χ4n) is 1.18. The van der Waals surface area contributed by atoms with Crippen molar-refractivity contribution in [2.24, 2.45) is 5.92 Å². The summed E-state index contributed by atoms with van der Waals surface area (Å²) in [5, 5.41) is 14.7. The molecule has 2 N–H and O–H groups in total. The first-order valence-electron chi connectivity index (χ1n) is 5.80. The van der Waals surface area contributed by atoms with Crippen molar-refractivity contribution in [2.75, 3.05) is 11.9 Å². The smallest absolute Gasteiger partial charge is 0.263 e. The summed E-state index contributed by atoms with van der Waals surface area (Å²) in [6.07, 6.45) is 2.87. The Morgan fingerprint density at radius 1 is 1.63 bits per heavy atom. The Hall–Kier alpha value is -2.06. The Labute approximate surface area is 117 Å². The van der Waals surface area contributed by atoms with Crippen LogP contribution >= 0.6 is 11.6 Å². The van der Waals surface area contributed by atoms with E-state index in [1.54, 1.807) is 18.3 Å². The number of anilines is 1. The zero-order valence-electron chi connectivity index (χ0n) is 10.8. The number of nitrogens with zero attached hydrogens (tertiary/aromatic N) is 2. The van der Waals surface area contributed by atoms with E-state index in [0.717, 1.165) is 0 Å². The van der Waals surface area contributed by atoms with Gasteiger partial charge in [0.2, 0.25) is 0 Å². The minimum atomic E-state index is -0.413. The Balaban J connectivity index is 2.70. The van der Waals surface area contributed by atoms with E-state index in [9.17, 15) is 4.79 Å². The van der Waals surface area contributed by atoms with Crippen LogP contribution in [0.25, 0.3) is 0 Å². The van der Waals surface area contributed by atoms with Gasteiger partial charge in [0.05, 0.1) is 5.69 Å². The Bertz CT molecular complexity index is 520. The van der Waals surface area contributed by atoms with Gasteiger partial charge in [-0.25, -0.2) is 4.98 Å². The zero-order valence-corrected chi connectivity index (χ0v) is 11.5. The molecule has 100 valence electrons. The van der Waals surface area contributed by atoms with Gasteiger partial charge >= 0.3 is 0 Å². The summed E-state index contributed by atoms with van der Waals surface area (Å²) >= 11 is 5.85. The number of rotatable bonds is 5. The lowest BCUT2D eigenvalue weighted by atomic mass is 10.2. The van der Waals surface area contributed by atoms with Gasteiger partial charge in [0.1, 0.15) is 11.6 Å². The molecule has 0 bridgehead atoms. The van der Waals surface area contributed by atoms with Crippen molar-refractivity contribution in [3.8, 4) is 6.07 Å². The summed E-state index contributed by atoms with van der Waals surface area (Å²) in [7, 11) is 0. The number of aromatic nitrogens is 1. The normalized spacial score (nSPS) is 11.0. The van der Waals surface area contributed by atoms with Crippen LogP contribution in [-0.2, 0) is 4.79 Å². The van der Waals surface area contributed by atoms with Gasteiger partial charge in [-0.2, -0.15) is 5.26 Å². The fourth-order valence-corrected chi connectivity index (χ4v) is 1.36. The third-order valence-electron chi connectivity index (χ3n) is 2.17. The predicted octanol–water partition coefficient (Wildman–Crippen LogP) is 2.33. The minimum absolute atomic E-state index is 0.0134. The molecule has 1 rings (SSSR count). The van der Waals surface area contributed by atoms with Crippen molar-refractivity contribution in [3.63, 3.8) is 0 Å². The quantitative estimate of drug-likeness (QED) is 0.492. The van der Waals surface area contributed by atoms with Crippen LogP contribution in [-0.4, -0.2) is 17.4 Å². The second kappa shape index (κ2) is 7.39. The molecule has 19 heavy (non-hydrogen) atoms. The molecule has 0 saturated heterocycles. The van der Waals surface area contributed by atoms with Gasteiger partial charge in [-0.05, 0) is 18.1 Å². The van der Waals surface area contributed by atoms with Gasteiger partial charge < -0.3 is 10.6 Å². The van der Waals surface area contributed by atoms with Crippen LogP contribution in [0.4, 0.5) is 5.69 Å². The average molecular weight is 279 g/mol. The van der Waals surface area contributed by atoms with Crippen LogP contribution in [0.2, 0.25) is 5.15 Å². The van der Waals surface area contributed by atoms with Crippen molar-refractivity contribution in [2.45, 2.75) is 13.8 Å². The lowest BCUT2D eigenvalue weighted by Gasteiger charge is -2.07. The highest BCUT2D eigenvalue weighted by atomic mass is 35.5. The number of nitrogens with one attached hydrogen (secondary N) is 2. The molecule has 0 fully saturated rings. The summed E-state index contributed by atoms with van der Waals surface area (Å²) in [5.74, 6) is -0.0895. The van der Waals surface area contributed by atoms with Crippen LogP contribution in [0.15, 0.2) is 30.1 Å². The van der Waals surface area contributed by atoms with E-state index >= 15 is 0 Å². The number of hydrogen-bond acceptors (Lipinski definition) is 4. The number of carbonyl (C=O) groups excluding carboxylic acids is 1. The van der Waals surface area contributed by atoms with Crippen LogP contribution in [0, 0.1) is 17.2 Å². The molecule has 0 aromatic carbocycles. The van der Waals surface area contributed by atoms with Crippen LogP contribution in [0.1, 0.15) is 13.8 Å². The molecule has 1 amide bonds. The molecule has 0 aliphatic rings. The SMILES string of the molecule is CC(C)CNC(=O)/C(C#N)=C\Nc1cccnc1Cl. The molecule has 0 saturated carbocycles. The zero-order chi connectivity index (χ0) is 14.3. The number of carbonyl (C=O) groups is 1. The highest BCUT2D eigenvalue weighted by Gasteiger charge is 2.09. The van der Waals surface area contributed by atoms with Crippen molar-refractivity contribution >= 4 is 23.2 Å². The number of nitriles is 1. The van der Waals surface area contributed by atoms with E-state index in [1.807, 2.05) is 19.9 Å². The Morgan fingerprint density at radius 2 is 2.37 bits per heavy atom. The average Bonchev–Trinajstić information content (AvgIpc) is 2.39. The highest BCUT2D eigenvalue weighted by molar-refractivity contribution is 6.32. The summed E-state index contributed by atoms with van der Waals surface area (Å²) in [5.41, 5.74) is 0.522. The monoisotopic (exact) mass is 278 g/mol. The Morgan fingerprint density at radius 3 is 2.95 bits per heavy atom. The van der Waals surface area contributed by atoms with E-state index in [4.69, 9.17) is 16.9 Å². The molecule has 0 atom stereocenters.